The molecule has 0 saturated heterocycles. The Morgan fingerprint density at radius 3 is 2.17 bits per heavy atom. The first-order chi connectivity index (χ1) is 8.45. The Hall–Kier alpha value is -1.84. The Morgan fingerprint density at radius 1 is 1.22 bits per heavy atom. The van der Waals surface area contributed by atoms with E-state index in [2.05, 4.69) is 5.32 Å². The van der Waals surface area contributed by atoms with Crippen LogP contribution in [0.4, 0.5) is 0 Å². The molecule has 4 heteroatoms. The molecule has 98 valence electrons. The normalized spacial score (nSPS) is 12.2. The number of hydrogen-bond donors (Lipinski definition) is 1. The van der Waals surface area contributed by atoms with E-state index in [0.717, 1.165) is 12.0 Å². The molecule has 18 heavy (non-hydrogen) atoms. The van der Waals surface area contributed by atoms with E-state index >= 15 is 0 Å². The first-order valence-corrected chi connectivity index (χ1v) is 6.06. The molecular formula is C14H18NO3-. The molecule has 0 heterocycles. The summed E-state index contributed by atoms with van der Waals surface area (Å²) in [6.07, 6.45) is 0.898. The van der Waals surface area contributed by atoms with Crippen molar-refractivity contribution in [2.45, 2.75) is 33.2 Å². The van der Waals surface area contributed by atoms with Gasteiger partial charge in [0.2, 0.25) is 0 Å². The van der Waals surface area contributed by atoms with Gasteiger partial charge in [0.05, 0.1) is 12.0 Å². The molecule has 0 saturated carbocycles. The number of carboxylic acids is 1. The minimum Gasteiger partial charge on any atom is -0.548 e. The van der Waals surface area contributed by atoms with Gasteiger partial charge in [-0.05, 0) is 30.0 Å². The van der Waals surface area contributed by atoms with Crippen molar-refractivity contribution in [2.24, 2.45) is 5.92 Å². The van der Waals surface area contributed by atoms with Crippen LogP contribution in [0, 0.1) is 5.92 Å². The van der Waals surface area contributed by atoms with Gasteiger partial charge in [-0.3, -0.25) is 4.79 Å². The Balaban J connectivity index is 2.77. The molecule has 1 aromatic carbocycles. The van der Waals surface area contributed by atoms with Crippen LogP contribution in [-0.4, -0.2) is 17.9 Å². The molecule has 0 aliphatic rings. The van der Waals surface area contributed by atoms with Crippen molar-refractivity contribution >= 4 is 11.9 Å². The second kappa shape index (κ2) is 6.19. The maximum Gasteiger partial charge on any atom is 0.251 e. The van der Waals surface area contributed by atoms with Gasteiger partial charge in [0.1, 0.15) is 0 Å². The highest BCUT2D eigenvalue weighted by atomic mass is 16.4. The average Bonchev–Trinajstić information content (AvgIpc) is 2.35. The molecule has 0 aliphatic heterocycles. The van der Waals surface area contributed by atoms with Crippen LogP contribution in [-0.2, 0) is 11.2 Å². The van der Waals surface area contributed by atoms with Gasteiger partial charge in [-0.1, -0.05) is 32.9 Å². The van der Waals surface area contributed by atoms with Gasteiger partial charge in [0.15, 0.2) is 0 Å². The summed E-state index contributed by atoms with van der Waals surface area (Å²) in [4.78, 5) is 22.7. The first kappa shape index (κ1) is 14.2. The molecule has 1 amide bonds. The summed E-state index contributed by atoms with van der Waals surface area (Å²) in [7, 11) is 0. The standard InChI is InChI=1S/C14H19NO3/c1-4-10-5-7-11(8-6-10)13(16)15-12(9(2)3)14(17)18/h5-9,12H,4H2,1-3H3,(H,15,16)(H,17,18)/p-1/t12-/m1/s1. The fraction of sp³-hybridized carbons (Fsp3) is 0.429. The summed E-state index contributed by atoms with van der Waals surface area (Å²) in [5.41, 5.74) is 1.59. The van der Waals surface area contributed by atoms with Gasteiger partial charge in [-0.15, -0.1) is 0 Å². The van der Waals surface area contributed by atoms with Crippen LogP contribution < -0.4 is 10.4 Å². The van der Waals surface area contributed by atoms with Crippen LogP contribution in [0.1, 0.15) is 36.7 Å². The van der Waals surface area contributed by atoms with Crippen molar-refractivity contribution in [1.29, 1.82) is 0 Å². The van der Waals surface area contributed by atoms with Gasteiger partial charge in [0.25, 0.3) is 5.91 Å². The molecular weight excluding hydrogens is 230 g/mol. The summed E-state index contributed by atoms with van der Waals surface area (Å²) in [5.74, 6) is -1.86. The highest BCUT2D eigenvalue weighted by Crippen LogP contribution is 2.07. The topological polar surface area (TPSA) is 69.2 Å². The fourth-order valence-electron chi connectivity index (χ4n) is 1.61. The van der Waals surface area contributed by atoms with Gasteiger partial charge < -0.3 is 15.2 Å². The quantitative estimate of drug-likeness (QED) is 0.836. The molecule has 0 bridgehead atoms. The molecule has 1 rings (SSSR count). The van der Waals surface area contributed by atoms with Crippen LogP contribution in [0.2, 0.25) is 0 Å². The monoisotopic (exact) mass is 248 g/mol. The van der Waals surface area contributed by atoms with Gasteiger partial charge >= 0.3 is 0 Å². The number of hydrogen-bond acceptors (Lipinski definition) is 3. The Morgan fingerprint density at radius 2 is 1.78 bits per heavy atom. The summed E-state index contributed by atoms with van der Waals surface area (Å²) in [5, 5.41) is 13.4. The lowest BCUT2D eigenvalue weighted by atomic mass is 10.0. The van der Waals surface area contributed by atoms with Crippen molar-refractivity contribution in [2.75, 3.05) is 0 Å². The zero-order chi connectivity index (χ0) is 13.7. The maximum atomic E-state index is 11.9. The predicted octanol–water partition coefficient (Wildman–Crippen LogP) is 0.753. The summed E-state index contributed by atoms with van der Waals surface area (Å²) in [6, 6.07) is 6.14. The molecule has 0 spiro atoms. The number of aryl methyl sites for hydroxylation is 1. The van der Waals surface area contributed by atoms with E-state index in [0.29, 0.717) is 5.56 Å². The summed E-state index contributed by atoms with van der Waals surface area (Å²) in [6.45, 7) is 5.47. The number of aliphatic carboxylic acids is 1. The lowest BCUT2D eigenvalue weighted by Crippen LogP contribution is -2.50. The lowest BCUT2D eigenvalue weighted by molar-refractivity contribution is -0.309. The SMILES string of the molecule is CCc1ccc(C(=O)N[C@@H](C(=O)[O-])C(C)C)cc1. The number of amides is 1. The van der Waals surface area contributed by atoms with Crippen molar-refractivity contribution < 1.29 is 14.7 Å². The number of carbonyl (C=O) groups excluding carboxylic acids is 2. The third-order valence-corrected chi connectivity index (χ3v) is 2.83. The minimum atomic E-state index is -1.26. The van der Waals surface area contributed by atoms with Gasteiger partial charge in [-0.25, -0.2) is 0 Å². The van der Waals surface area contributed by atoms with E-state index in [1.54, 1.807) is 26.0 Å². The highest BCUT2D eigenvalue weighted by Gasteiger charge is 2.17. The van der Waals surface area contributed by atoms with Crippen LogP contribution in [0.3, 0.4) is 0 Å². The second-order valence-electron chi connectivity index (χ2n) is 4.56. The van der Waals surface area contributed by atoms with Gasteiger partial charge in [-0.2, -0.15) is 0 Å². The molecule has 1 aromatic rings. The number of carboxylic acid groups (broad SMARTS) is 1. The van der Waals surface area contributed by atoms with E-state index in [1.165, 1.54) is 0 Å². The van der Waals surface area contributed by atoms with Crippen LogP contribution in [0.15, 0.2) is 24.3 Å². The summed E-state index contributed by atoms with van der Waals surface area (Å²) < 4.78 is 0. The molecule has 0 fully saturated rings. The third kappa shape index (κ3) is 3.58. The third-order valence-electron chi connectivity index (χ3n) is 2.83. The van der Waals surface area contributed by atoms with E-state index < -0.39 is 12.0 Å². The molecule has 4 nitrogen and oxygen atoms in total. The fourth-order valence-corrected chi connectivity index (χ4v) is 1.61. The lowest BCUT2D eigenvalue weighted by Gasteiger charge is -2.23. The zero-order valence-electron chi connectivity index (χ0n) is 10.9. The number of carbonyl (C=O) groups is 2. The van der Waals surface area contributed by atoms with E-state index in [9.17, 15) is 14.7 Å². The first-order valence-electron chi connectivity index (χ1n) is 6.06. The van der Waals surface area contributed by atoms with Crippen LogP contribution >= 0.6 is 0 Å². The van der Waals surface area contributed by atoms with Crippen molar-refractivity contribution in [3.63, 3.8) is 0 Å². The number of rotatable bonds is 5. The second-order valence-corrected chi connectivity index (χ2v) is 4.56. The van der Waals surface area contributed by atoms with Gasteiger partial charge in [0, 0.05) is 5.56 Å². The summed E-state index contributed by atoms with van der Waals surface area (Å²) >= 11 is 0. The van der Waals surface area contributed by atoms with Crippen molar-refractivity contribution in [3.05, 3.63) is 35.4 Å². The number of benzene rings is 1. The van der Waals surface area contributed by atoms with E-state index in [-0.39, 0.29) is 11.8 Å². The Bertz CT molecular complexity index is 423. The predicted molar refractivity (Wildman–Crippen MR) is 66.9 cm³/mol. The maximum absolute atomic E-state index is 11.9. The van der Waals surface area contributed by atoms with E-state index in [4.69, 9.17) is 0 Å². The molecule has 0 radical (unpaired) electrons. The van der Waals surface area contributed by atoms with Crippen molar-refractivity contribution in [1.82, 2.24) is 5.32 Å². The molecule has 0 unspecified atom stereocenters. The smallest absolute Gasteiger partial charge is 0.251 e. The number of nitrogens with one attached hydrogen (secondary N) is 1. The van der Waals surface area contributed by atoms with Crippen LogP contribution in [0.25, 0.3) is 0 Å². The molecule has 1 N–H and O–H groups in total. The molecule has 0 aromatic heterocycles. The molecule has 1 atom stereocenters. The largest absolute Gasteiger partial charge is 0.548 e. The molecule has 0 aliphatic carbocycles. The van der Waals surface area contributed by atoms with E-state index in [1.807, 2.05) is 19.1 Å². The highest BCUT2D eigenvalue weighted by molar-refractivity contribution is 5.96. The Kier molecular flexibility index (Phi) is 4.89. The van der Waals surface area contributed by atoms with Crippen molar-refractivity contribution in [3.8, 4) is 0 Å². The average molecular weight is 248 g/mol. The zero-order valence-corrected chi connectivity index (χ0v) is 10.9. The minimum absolute atomic E-state index is 0.214. The van der Waals surface area contributed by atoms with Crippen LogP contribution in [0.5, 0.6) is 0 Å². The Labute approximate surface area is 107 Å².